The molecule has 0 heterocycles. The lowest BCUT2D eigenvalue weighted by molar-refractivity contribution is -0.145. The number of rotatable bonds is 13. The van der Waals surface area contributed by atoms with Crippen LogP contribution in [-0.4, -0.2) is 48.5 Å². The molecule has 0 aromatic carbocycles. The molecule has 8 heteroatoms. The summed E-state index contributed by atoms with van der Waals surface area (Å²) in [6.07, 6.45) is 1.65. The fraction of sp³-hybridized carbons (Fsp3) is 0.833. The molecule has 0 fully saturated rings. The van der Waals surface area contributed by atoms with Gasteiger partial charge in [-0.25, -0.2) is 11.0 Å². The third kappa shape index (κ3) is 10.7. The van der Waals surface area contributed by atoms with Crippen molar-refractivity contribution >= 4 is 11.9 Å². The van der Waals surface area contributed by atoms with E-state index in [1.165, 1.54) is 0 Å². The summed E-state index contributed by atoms with van der Waals surface area (Å²) in [5.74, 6) is -2.84. The molecule has 0 spiro atoms. The summed E-state index contributed by atoms with van der Waals surface area (Å²) in [4.78, 5) is 31.0. The number of hydrogen-bond acceptors (Lipinski definition) is 6. The number of unbranched alkanes of at least 4 members (excludes halogenated alkanes) is 1. The minimum Gasteiger partial charge on any atom is -0.481 e. The van der Waals surface area contributed by atoms with Crippen molar-refractivity contribution in [3.63, 3.8) is 0 Å². The van der Waals surface area contributed by atoms with E-state index in [0.29, 0.717) is 13.1 Å². The highest BCUT2D eigenvalue weighted by Crippen LogP contribution is 1.95. The molecule has 0 aromatic rings. The zero-order valence-electron chi connectivity index (χ0n) is 11.9. The molecule has 0 saturated heterocycles. The number of aliphatic carboxylic acids is 2. The average Bonchev–Trinajstić information content (AvgIpc) is 2.39. The van der Waals surface area contributed by atoms with E-state index in [9.17, 15) is 9.59 Å². The second kappa shape index (κ2) is 11.6. The monoisotopic (exact) mass is 292 g/mol. The Bertz CT molecular complexity index is 259. The number of carboxylic acids is 2. The summed E-state index contributed by atoms with van der Waals surface area (Å²) in [6, 6.07) is 0. The SMILES string of the molecule is CC(CONCCCCNOCC(C)C(=O)O)C(=O)O. The van der Waals surface area contributed by atoms with Crippen molar-refractivity contribution < 1.29 is 29.5 Å². The molecule has 8 nitrogen and oxygen atoms in total. The first-order valence-corrected chi connectivity index (χ1v) is 6.60. The number of carboxylic acid groups (broad SMARTS) is 2. The van der Waals surface area contributed by atoms with Crippen LogP contribution in [0.5, 0.6) is 0 Å². The fourth-order valence-electron chi connectivity index (χ4n) is 1.05. The third-order valence-electron chi connectivity index (χ3n) is 2.52. The van der Waals surface area contributed by atoms with Crippen molar-refractivity contribution in [1.82, 2.24) is 11.0 Å². The zero-order chi connectivity index (χ0) is 15.4. The van der Waals surface area contributed by atoms with E-state index in [4.69, 9.17) is 19.9 Å². The number of hydroxylamine groups is 2. The molecule has 0 aliphatic rings. The largest absolute Gasteiger partial charge is 0.481 e. The second-order valence-electron chi connectivity index (χ2n) is 4.60. The van der Waals surface area contributed by atoms with Crippen molar-refractivity contribution in [2.75, 3.05) is 26.3 Å². The second-order valence-corrected chi connectivity index (χ2v) is 4.60. The van der Waals surface area contributed by atoms with Gasteiger partial charge < -0.3 is 19.9 Å². The summed E-state index contributed by atoms with van der Waals surface area (Å²) < 4.78 is 0. The summed E-state index contributed by atoms with van der Waals surface area (Å²) in [5.41, 5.74) is 5.37. The van der Waals surface area contributed by atoms with Gasteiger partial charge >= 0.3 is 11.9 Å². The van der Waals surface area contributed by atoms with Crippen molar-refractivity contribution in [1.29, 1.82) is 0 Å². The van der Waals surface area contributed by atoms with Crippen LogP contribution < -0.4 is 11.0 Å². The van der Waals surface area contributed by atoms with Gasteiger partial charge in [-0.1, -0.05) is 0 Å². The van der Waals surface area contributed by atoms with Crippen LogP contribution in [-0.2, 0) is 19.3 Å². The highest BCUT2D eigenvalue weighted by Gasteiger charge is 2.11. The van der Waals surface area contributed by atoms with Crippen LogP contribution in [0.1, 0.15) is 26.7 Å². The van der Waals surface area contributed by atoms with Crippen LogP contribution in [0.4, 0.5) is 0 Å². The smallest absolute Gasteiger partial charge is 0.308 e. The molecule has 20 heavy (non-hydrogen) atoms. The maximum Gasteiger partial charge on any atom is 0.308 e. The van der Waals surface area contributed by atoms with Crippen LogP contribution in [0.15, 0.2) is 0 Å². The Kier molecular flexibility index (Phi) is 10.9. The standard InChI is InChI=1S/C12H24N2O6/c1-9(11(15)16)7-19-13-5-3-4-6-14-20-8-10(2)12(17)18/h9-10,13-14H,3-8H2,1-2H3,(H,15,16)(H,17,18). The molecule has 0 bridgehead atoms. The topological polar surface area (TPSA) is 117 Å². The van der Waals surface area contributed by atoms with Gasteiger partial charge in [0.25, 0.3) is 0 Å². The Morgan fingerprint density at radius 3 is 1.55 bits per heavy atom. The summed E-state index contributed by atoms with van der Waals surface area (Å²) in [5, 5.41) is 17.2. The van der Waals surface area contributed by atoms with Crippen molar-refractivity contribution in [2.24, 2.45) is 11.8 Å². The number of carbonyl (C=O) groups is 2. The van der Waals surface area contributed by atoms with E-state index < -0.39 is 23.8 Å². The lowest BCUT2D eigenvalue weighted by atomic mass is 10.2. The van der Waals surface area contributed by atoms with E-state index in [1.54, 1.807) is 13.8 Å². The Hall–Kier alpha value is -1.22. The predicted molar refractivity (Wildman–Crippen MR) is 70.7 cm³/mol. The Morgan fingerprint density at radius 2 is 1.25 bits per heavy atom. The van der Waals surface area contributed by atoms with E-state index >= 15 is 0 Å². The van der Waals surface area contributed by atoms with E-state index in [0.717, 1.165) is 12.8 Å². The molecule has 0 rings (SSSR count). The molecule has 118 valence electrons. The van der Waals surface area contributed by atoms with Gasteiger partial charge in [-0.15, -0.1) is 0 Å². The third-order valence-corrected chi connectivity index (χ3v) is 2.52. The number of hydrogen-bond donors (Lipinski definition) is 4. The van der Waals surface area contributed by atoms with Gasteiger partial charge in [0.15, 0.2) is 0 Å². The zero-order valence-corrected chi connectivity index (χ0v) is 11.9. The molecule has 0 aromatic heterocycles. The maximum absolute atomic E-state index is 10.5. The van der Waals surface area contributed by atoms with Crippen molar-refractivity contribution in [3.8, 4) is 0 Å². The summed E-state index contributed by atoms with van der Waals surface area (Å²) in [6.45, 7) is 4.62. The van der Waals surface area contributed by atoms with E-state index in [2.05, 4.69) is 11.0 Å². The Labute approximate surface area is 118 Å². The van der Waals surface area contributed by atoms with Gasteiger partial charge in [-0.3, -0.25) is 9.59 Å². The number of nitrogens with one attached hydrogen (secondary N) is 2. The van der Waals surface area contributed by atoms with E-state index in [-0.39, 0.29) is 13.2 Å². The average molecular weight is 292 g/mol. The molecular formula is C12H24N2O6. The summed E-state index contributed by atoms with van der Waals surface area (Å²) in [7, 11) is 0. The predicted octanol–water partition coefficient (Wildman–Crippen LogP) is 0.250. The molecule has 4 N–H and O–H groups in total. The normalized spacial score (nSPS) is 13.9. The molecule has 0 aliphatic carbocycles. The van der Waals surface area contributed by atoms with Gasteiger partial charge in [0.05, 0.1) is 25.0 Å². The van der Waals surface area contributed by atoms with Crippen molar-refractivity contribution in [3.05, 3.63) is 0 Å². The minimum absolute atomic E-state index is 0.129. The molecule has 2 atom stereocenters. The molecule has 0 aliphatic heterocycles. The molecule has 2 unspecified atom stereocenters. The summed E-state index contributed by atoms with van der Waals surface area (Å²) >= 11 is 0. The fourth-order valence-corrected chi connectivity index (χ4v) is 1.05. The van der Waals surface area contributed by atoms with Gasteiger partial charge in [0.2, 0.25) is 0 Å². The molecule has 0 saturated carbocycles. The molecule has 0 amide bonds. The first kappa shape index (κ1) is 18.8. The highest BCUT2D eigenvalue weighted by molar-refractivity contribution is 5.69. The lowest BCUT2D eigenvalue weighted by Gasteiger charge is -2.09. The van der Waals surface area contributed by atoms with Crippen LogP contribution in [0.25, 0.3) is 0 Å². The van der Waals surface area contributed by atoms with Gasteiger partial charge in [-0.2, -0.15) is 0 Å². The molecular weight excluding hydrogens is 268 g/mol. The van der Waals surface area contributed by atoms with Crippen molar-refractivity contribution in [2.45, 2.75) is 26.7 Å². The Morgan fingerprint density at radius 1 is 0.900 bits per heavy atom. The molecule has 0 radical (unpaired) electrons. The first-order chi connectivity index (χ1) is 9.45. The minimum atomic E-state index is -0.885. The van der Waals surface area contributed by atoms with Gasteiger partial charge in [0, 0.05) is 13.1 Å². The van der Waals surface area contributed by atoms with Crippen LogP contribution in [0.3, 0.4) is 0 Å². The van der Waals surface area contributed by atoms with Crippen LogP contribution in [0, 0.1) is 11.8 Å². The van der Waals surface area contributed by atoms with Gasteiger partial charge in [0.1, 0.15) is 0 Å². The quantitative estimate of drug-likeness (QED) is 0.282. The highest BCUT2D eigenvalue weighted by atomic mass is 16.6. The van der Waals surface area contributed by atoms with Crippen LogP contribution in [0.2, 0.25) is 0 Å². The first-order valence-electron chi connectivity index (χ1n) is 6.60. The van der Waals surface area contributed by atoms with E-state index in [1.807, 2.05) is 0 Å². The lowest BCUT2D eigenvalue weighted by Crippen LogP contribution is -2.25. The Balaban J connectivity index is 3.21. The maximum atomic E-state index is 10.5. The van der Waals surface area contributed by atoms with Crippen LogP contribution >= 0.6 is 0 Å². The van der Waals surface area contributed by atoms with Gasteiger partial charge in [-0.05, 0) is 26.7 Å².